The van der Waals surface area contributed by atoms with E-state index in [-0.39, 0.29) is 12.8 Å². The quantitative estimate of drug-likeness (QED) is 0.909. The zero-order valence-electron chi connectivity index (χ0n) is 14.7. The van der Waals surface area contributed by atoms with Gasteiger partial charge < -0.3 is 14.6 Å². The number of aromatic nitrogens is 1. The van der Waals surface area contributed by atoms with Gasteiger partial charge in [0, 0.05) is 6.20 Å². The third-order valence-electron chi connectivity index (χ3n) is 5.09. The van der Waals surface area contributed by atoms with Crippen LogP contribution in [0.3, 0.4) is 0 Å². The largest absolute Gasteiger partial charge is 0.480 e. The lowest BCUT2D eigenvalue weighted by molar-refractivity contribution is -0.145. The summed E-state index contributed by atoms with van der Waals surface area (Å²) in [5.74, 6) is 0.642. The Hall–Kier alpha value is -2.60. The Bertz CT molecular complexity index is 806. The van der Waals surface area contributed by atoms with E-state index in [0.29, 0.717) is 12.2 Å². The topological polar surface area (TPSA) is 71.9 Å². The zero-order valence-corrected chi connectivity index (χ0v) is 14.7. The maximum atomic E-state index is 11.9. The molecule has 6 nitrogen and oxygen atoms in total. The molecule has 136 valence electrons. The van der Waals surface area contributed by atoms with Crippen LogP contribution in [0.1, 0.15) is 42.1 Å². The molecule has 2 unspecified atom stereocenters. The van der Waals surface area contributed by atoms with Gasteiger partial charge in [-0.15, -0.1) is 0 Å². The maximum absolute atomic E-state index is 11.9. The van der Waals surface area contributed by atoms with Crippen LogP contribution in [-0.4, -0.2) is 40.3 Å². The standard InChI is InChI=1S/C20H22N2O4/c1-13-5-7-15(21-11-13)19(22-9-3-2-4-16(22)20(23)24)14-6-8-17-18(10-14)26-12-25-17/h5-8,10-11,16,19H,2-4,9,12H2,1H3,(H,23,24). The minimum absolute atomic E-state index is 0.216. The van der Waals surface area contributed by atoms with E-state index in [1.807, 2.05) is 43.5 Å². The van der Waals surface area contributed by atoms with Gasteiger partial charge in [0.25, 0.3) is 0 Å². The van der Waals surface area contributed by atoms with Crippen molar-refractivity contribution in [1.29, 1.82) is 0 Å². The number of aliphatic carboxylic acids is 1. The SMILES string of the molecule is Cc1ccc(C(c2ccc3c(c2)OCO3)N2CCCCC2C(=O)O)nc1. The first-order chi connectivity index (χ1) is 12.6. The van der Waals surface area contributed by atoms with Gasteiger partial charge in [-0.2, -0.15) is 0 Å². The van der Waals surface area contributed by atoms with E-state index in [0.717, 1.165) is 42.0 Å². The van der Waals surface area contributed by atoms with Crippen LogP contribution >= 0.6 is 0 Å². The molecule has 1 saturated heterocycles. The van der Waals surface area contributed by atoms with Gasteiger partial charge >= 0.3 is 5.97 Å². The number of benzene rings is 1. The molecule has 1 aromatic carbocycles. The molecule has 0 aliphatic carbocycles. The van der Waals surface area contributed by atoms with Crippen LogP contribution < -0.4 is 9.47 Å². The van der Waals surface area contributed by atoms with E-state index >= 15 is 0 Å². The second kappa shape index (κ2) is 6.96. The fourth-order valence-electron chi connectivity index (χ4n) is 3.78. The van der Waals surface area contributed by atoms with E-state index in [1.165, 1.54) is 0 Å². The Morgan fingerprint density at radius 1 is 1.23 bits per heavy atom. The van der Waals surface area contributed by atoms with Crippen LogP contribution in [0.15, 0.2) is 36.5 Å². The molecule has 2 aromatic rings. The van der Waals surface area contributed by atoms with Gasteiger partial charge in [-0.3, -0.25) is 14.7 Å². The van der Waals surface area contributed by atoms with Crippen LogP contribution in [0.2, 0.25) is 0 Å². The Morgan fingerprint density at radius 2 is 2.08 bits per heavy atom. The third kappa shape index (κ3) is 3.12. The van der Waals surface area contributed by atoms with Crippen LogP contribution in [0.5, 0.6) is 11.5 Å². The van der Waals surface area contributed by atoms with Gasteiger partial charge in [0.1, 0.15) is 6.04 Å². The summed E-state index contributed by atoms with van der Waals surface area (Å²) in [4.78, 5) is 18.5. The fourth-order valence-corrected chi connectivity index (χ4v) is 3.78. The summed E-state index contributed by atoms with van der Waals surface area (Å²) in [5, 5.41) is 9.74. The molecule has 1 N–H and O–H groups in total. The van der Waals surface area contributed by atoms with Gasteiger partial charge in [-0.05, 0) is 55.6 Å². The van der Waals surface area contributed by atoms with E-state index in [1.54, 1.807) is 0 Å². The molecule has 0 bridgehead atoms. The summed E-state index contributed by atoms with van der Waals surface area (Å²) in [6.07, 6.45) is 4.40. The number of carboxylic acids is 1. The van der Waals surface area contributed by atoms with Crippen molar-refractivity contribution < 1.29 is 19.4 Å². The second-order valence-corrected chi connectivity index (χ2v) is 6.86. The Labute approximate surface area is 152 Å². The van der Waals surface area contributed by atoms with E-state index in [2.05, 4.69) is 9.88 Å². The molecule has 0 radical (unpaired) electrons. The number of carboxylic acid groups (broad SMARTS) is 1. The van der Waals surface area contributed by atoms with Crippen molar-refractivity contribution in [2.75, 3.05) is 13.3 Å². The Morgan fingerprint density at radius 3 is 2.85 bits per heavy atom. The fraction of sp³-hybridized carbons (Fsp3) is 0.400. The average molecular weight is 354 g/mol. The lowest BCUT2D eigenvalue weighted by atomic mass is 9.93. The number of aryl methyl sites for hydroxylation is 1. The molecule has 26 heavy (non-hydrogen) atoms. The lowest BCUT2D eigenvalue weighted by Crippen LogP contribution is -2.47. The first-order valence-corrected chi connectivity index (χ1v) is 8.94. The molecule has 0 spiro atoms. The minimum atomic E-state index is -0.775. The number of ether oxygens (including phenoxy) is 2. The zero-order chi connectivity index (χ0) is 18.1. The first kappa shape index (κ1) is 16.8. The normalized spacial score (nSPS) is 20.7. The average Bonchev–Trinajstić information content (AvgIpc) is 3.12. The number of carbonyl (C=O) groups is 1. The van der Waals surface area contributed by atoms with Gasteiger partial charge in [0.05, 0.1) is 11.7 Å². The molecular formula is C20H22N2O4. The van der Waals surface area contributed by atoms with Crippen molar-refractivity contribution in [2.45, 2.75) is 38.3 Å². The highest BCUT2D eigenvalue weighted by Gasteiger charge is 2.36. The van der Waals surface area contributed by atoms with Gasteiger partial charge in [-0.1, -0.05) is 18.6 Å². The van der Waals surface area contributed by atoms with Crippen LogP contribution in [-0.2, 0) is 4.79 Å². The molecule has 4 rings (SSSR count). The summed E-state index contributed by atoms with van der Waals surface area (Å²) in [5.41, 5.74) is 2.90. The van der Waals surface area contributed by atoms with Crippen molar-refractivity contribution in [3.63, 3.8) is 0 Å². The second-order valence-electron chi connectivity index (χ2n) is 6.86. The van der Waals surface area contributed by atoms with Gasteiger partial charge in [-0.25, -0.2) is 0 Å². The molecule has 2 aliphatic heterocycles. The number of piperidine rings is 1. The number of hydrogen-bond acceptors (Lipinski definition) is 5. The third-order valence-corrected chi connectivity index (χ3v) is 5.09. The van der Waals surface area contributed by atoms with Crippen molar-refractivity contribution >= 4 is 5.97 Å². The summed E-state index contributed by atoms with van der Waals surface area (Å²) < 4.78 is 10.9. The van der Waals surface area contributed by atoms with Crippen LogP contribution in [0, 0.1) is 6.92 Å². The minimum Gasteiger partial charge on any atom is -0.480 e. The number of hydrogen-bond donors (Lipinski definition) is 1. The maximum Gasteiger partial charge on any atom is 0.320 e. The van der Waals surface area contributed by atoms with Crippen molar-refractivity contribution in [1.82, 2.24) is 9.88 Å². The predicted octanol–water partition coefficient (Wildman–Crippen LogP) is 3.15. The number of nitrogens with zero attached hydrogens (tertiary/aromatic N) is 2. The highest BCUT2D eigenvalue weighted by atomic mass is 16.7. The number of rotatable bonds is 4. The predicted molar refractivity (Wildman–Crippen MR) is 95.4 cm³/mol. The molecule has 0 saturated carbocycles. The Kier molecular flexibility index (Phi) is 4.51. The number of likely N-dealkylation sites (tertiary alicyclic amines) is 1. The lowest BCUT2D eigenvalue weighted by Gasteiger charge is -2.39. The molecular weight excluding hydrogens is 332 g/mol. The van der Waals surface area contributed by atoms with Crippen molar-refractivity contribution in [3.8, 4) is 11.5 Å². The van der Waals surface area contributed by atoms with Crippen molar-refractivity contribution in [3.05, 3.63) is 53.3 Å². The van der Waals surface area contributed by atoms with Gasteiger partial charge in [0.15, 0.2) is 11.5 Å². The molecule has 0 amide bonds. The smallest absolute Gasteiger partial charge is 0.320 e. The molecule has 1 aromatic heterocycles. The summed E-state index contributed by atoms with van der Waals surface area (Å²) in [7, 11) is 0. The summed E-state index contributed by atoms with van der Waals surface area (Å²) in [6, 6.07) is 9.07. The van der Waals surface area contributed by atoms with E-state index in [4.69, 9.17) is 9.47 Å². The number of fused-ring (bicyclic) bond motifs is 1. The molecule has 2 aliphatic rings. The highest BCUT2D eigenvalue weighted by Crippen LogP contribution is 2.39. The number of pyridine rings is 1. The molecule has 6 heteroatoms. The van der Waals surface area contributed by atoms with Crippen LogP contribution in [0.4, 0.5) is 0 Å². The summed E-state index contributed by atoms with van der Waals surface area (Å²) in [6.45, 7) is 2.94. The first-order valence-electron chi connectivity index (χ1n) is 8.94. The molecule has 3 heterocycles. The molecule has 2 atom stereocenters. The van der Waals surface area contributed by atoms with E-state index in [9.17, 15) is 9.90 Å². The highest BCUT2D eigenvalue weighted by molar-refractivity contribution is 5.73. The monoisotopic (exact) mass is 354 g/mol. The Balaban J connectivity index is 1.78. The van der Waals surface area contributed by atoms with Crippen LogP contribution in [0.25, 0.3) is 0 Å². The van der Waals surface area contributed by atoms with Crippen molar-refractivity contribution in [2.24, 2.45) is 0 Å². The molecule has 1 fully saturated rings. The summed E-state index contributed by atoms with van der Waals surface area (Å²) >= 11 is 0. The van der Waals surface area contributed by atoms with Gasteiger partial charge in [0.2, 0.25) is 6.79 Å². The van der Waals surface area contributed by atoms with E-state index < -0.39 is 12.0 Å².